The Balaban J connectivity index is 2.38. The summed E-state index contributed by atoms with van der Waals surface area (Å²) in [7, 11) is 0. The molecule has 1 aliphatic heterocycles. The van der Waals surface area contributed by atoms with E-state index < -0.39 is 4.92 Å². The molecular formula is C11H15N5O4. The molecule has 1 aromatic heterocycles. The van der Waals surface area contributed by atoms with Gasteiger partial charge in [-0.25, -0.2) is 4.98 Å². The molecule has 0 saturated carbocycles. The number of nitro groups is 1. The molecule has 0 aliphatic carbocycles. The molecule has 0 amide bonds. The van der Waals surface area contributed by atoms with Gasteiger partial charge in [-0.05, 0) is 12.5 Å². The summed E-state index contributed by atoms with van der Waals surface area (Å²) in [5, 5.41) is 22.4. The van der Waals surface area contributed by atoms with Crippen LogP contribution in [0.5, 0.6) is 0 Å². The predicted octanol–water partition coefficient (Wildman–Crippen LogP) is 0.311. The van der Waals surface area contributed by atoms with Crippen molar-refractivity contribution in [1.29, 1.82) is 0 Å². The van der Waals surface area contributed by atoms with Gasteiger partial charge in [0.1, 0.15) is 5.82 Å². The van der Waals surface area contributed by atoms with Crippen LogP contribution in [0.3, 0.4) is 0 Å². The Hall–Kier alpha value is -2.42. The number of oxime groups is 1. The Morgan fingerprint density at radius 2 is 2.30 bits per heavy atom. The van der Waals surface area contributed by atoms with Gasteiger partial charge >= 0.3 is 0 Å². The van der Waals surface area contributed by atoms with Crippen LogP contribution in [-0.2, 0) is 4.74 Å². The molecule has 1 aliphatic rings. The van der Waals surface area contributed by atoms with Crippen molar-refractivity contribution in [1.82, 2.24) is 4.98 Å². The molecule has 0 unspecified atom stereocenters. The average Bonchev–Trinajstić information content (AvgIpc) is 2.74. The van der Waals surface area contributed by atoms with E-state index in [1.807, 2.05) is 4.90 Å². The number of pyridine rings is 1. The molecule has 0 radical (unpaired) electrons. The lowest BCUT2D eigenvalue weighted by Crippen LogP contribution is -2.28. The van der Waals surface area contributed by atoms with Gasteiger partial charge in [0.25, 0.3) is 5.69 Å². The molecule has 9 heteroatoms. The highest BCUT2D eigenvalue weighted by atomic mass is 16.6. The maximum atomic E-state index is 10.9. The van der Waals surface area contributed by atoms with Crippen LogP contribution in [0.25, 0.3) is 0 Å². The minimum Gasteiger partial charge on any atom is -0.409 e. The fourth-order valence-electron chi connectivity index (χ4n) is 1.98. The van der Waals surface area contributed by atoms with E-state index in [1.54, 1.807) is 6.07 Å². The highest BCUT2D eigenvalue weighted by Crippen LogP contribution is 2.21. The molecule has 0 atom stereocenters. The summed E-state index contributed by atoms with van der Waals surface area (Å²) in [6, 6.07) is 2.86. The first kappa shape index (κ1) is 14.0. The standard InChI is InChI=1S/C11H15N5O4/c12-11(14-17)10-8(16(18)19)2-3-9(13-10)15-4-1-6-20-7-5-15/h2-3,17H,1,4-7H2,(H2,12,14). The number of nitrogens with two attached hydrogens (primary N) is 1. The van der Waals surface area contributed by atoms with Crippen LogP contribution in [0.1, 0.15) is 12.1 Å². The van der Waals surface area contributed by atoms with Crippen LogP contribution >= 0.6 is 0 Å². The topological polar surface area (TPSA) is 127 Å². The number of nitrogens with zero attached hydrogens (tertiary/aromatic N) is 4. The van der Waals surface area contributed by atoms with E-state index in [2.05, 4.69) is 10.1 Å². The van der Waals surface area contributed by atoms with Crippen molar-refractivity contribution in [2.24, 2.45) is 10.9 Å². The summed E-state index contributed by atoms with van der Waals surface area (Å²) >= 11 is 0. The van der Waals surface area contributed by atoms with Crippen molar-refractivity contribution in [3.05, 3.63) is 27.9 Å². The van der Waals surface area contributed by atoms with Gasteiger partial charge in [0.15, 0.2) is 11.5 Å². The molecule has 2 rings (SSSR count). The van der Waals surface area contributed by atoms with Crippen molar-refractivity contribution in [2.75, 3.05) is 31.2 Å². The fraction of sp³-hybridized carbons (Fsp3) is 0.455. The second-order valence-corrected chi connectivity index (χ2v) is 4.23. The van der Waals surface area contributed by atoms with Gasteiger partial charge in [-0.15, -0.1) is 0 Å². The van der Waals surface area contributed by atoms with E-state index in [-0.39, 0.29) is 17.2 Å². The number of ether oxygens (including phenoxy) is 1. The predicted molar refractivity (Wildman–Crippen MR) is 71.1 cm³/mol. The van der Waals surface area contributed by atoms with Crippen LogP contribution in [0, 0.1) is 10.1 Å². The van der Waals surface area contributed by atoms with E-state index in [1.165, 1.54) is 6.07 Å². The van der Waals surface area contributed by atoms with Crippen LogP contribution in [-0.4, -0.2) is 47.3 Å². The Morgan fingerprint density at radius 1 is 1.50 bits per heavy atom. The minimum atomic E-state index is -0.615. The normalized spacial score (nSPS) is 16.8. The highest BCUT2D eigenvalue weighted by Gasteiger charge is 2.22. The summed E-state index contributed by atoms with van der Waals surface area (Å²) < 4.78 is 5.34. The molecule has 0 spiro atoms. The third-order valence-corrected chi connectivity index (χ3v) is 2.95. The zero-order chi connectivity index (χ0) is 14.5. The van der Waals surface area contributed by atoms with E-state index in [0.29, 0.717) is 25.6 Å². The monoisotopic (exact) mass is 281 g/mol. The van der Waals surface area contributed by atoms with Gasteiger partial charge < -0.3 is 20.6 Å². The lowest BCUT2D eigenvalue weighted by Gasteiger charge is -2.20. The van der Waals surface area contributed by atoms with Crippen molar-refractivity contribution in [3.63, 3.8) is 0 Å². The van der Waals surface area contributed by atoms with Crippen molar-refractivity contribution in [3.8, 4) is 0 Å². The summed E-state index contributed by atoms with van der Waals surface area (Å²) in [5.41, 5.74) is 5.02. The van der Waals surface area contributed by atoms with Gasteiger partial charge in [0.2, 0.25) is 0 Å². The van der Waals surface area contributed by atoms with Crippen LogP contribution in [0.2, 0.25) is 0 Å². The average molecular weight is 281 g/mol. The Bertz CT molecular complexity index is 526. The molecule has 0 aromatic carbocycles. The van der Waals surface area contributed by atoms with Gasteiger partial charge in [-0.1, -0.05) is 5.16 Å². The number of aromatic nitrogens is 1. The third-order valence-electron chi connectivity index (χ3n) is 2.95. The van der Waals surface area contributed by atoms with Crippen LogP contribution in [0.4, 0.5) is 11.5 Å². The first-order chi connectivity index (χ1) is 9.63. The first-order valence-corrected chi connectivity index (χ1v) is 6.09. The van der Waals surface area contributed by atoms with Crippen LogP contribution in [0.15, 0.2) is 17.3 Å². The number of rotatable bonds is 3. The van der Waals surface area contributed by atoms with E-state index in [4.69, 9.17) is 15.7 Å². The third kappa shape index (κ3) is 2.94. The molecule has 3 N–H and O–H groups in total. The molecule has 108 valence electrons. The van der Waals surface area contributed by atoms with Crippen molar-refractivity contribution in [2.45, 2.75) is 6.42 Å². The van der Waals surface area contributed by atoms with E-state index >= 15 is 0 Å². The largest absolute Gasteiger partial charge is 0.409 e. The van der Waals surface area contributed by atoms with Gasteiger partial charge in [-0.2, -0.15) is 0 Å². The second-order valence-electron chi connectivity index (χ2n) is 4.23. The Morgan fingerprint density at radius 3 is 3.00 bits per heavy atom. The van der Waals surface area contributed by atoms with E-state index in [0.717, 1.165) is 13.0 Å². The minimum absolute atomic E-state index is 0.139. The van der Waals surface area contributed by atoms with Crippen LogP contribution < -0.4 is 10.6 Å². The summed E-state index contributed by atoms with van der Waals surface area (Å²) in [6.07, 6.45) is 0.845. The maximum Gasteiger partial charge on any atom is 0.298 e. The first-order valence-electron chi connectivity index (χ1n) is 6.09. The molecular weight excluding hydrogens is 266 g/mol. The SMILES string of the molecule is N/C(=N/O)c1nc(N2CCCOCC2)ccc1[N+](=O)[O-]. The molecule has 1 aromatic rings. The highest BCUT2D eigenvalue weighted by molar-refractivity contribution is 5.99. The number of hydrogen-bond acceptors (Lipinski definition) is 7. The molecule has 0 bridgehead atoms. The lowest BCUT2D eigenvalue weighted by molar-refractivity contribution is -0.385. The zero-order valence-corrected chi connectivity index (χ0v) is 10.7. The Labute approximate surface area is 114 Å². The smallest absolute Gasteiger partial charge is 0.298 e. The summed E-state index contributed by atoms with van der Waals surface area (Å²) in [6.45, 7) is 2.62. The molecule has 9 nitrogen and oxygen atoms in total. The molecule has 2 heterocycles. The quantitative estimate of drug-likeness (QED) is 0.268. The lowest BCUT2D eigenvalue weighted by atomic mass is 10.2. The Kier molecular flexibility index (Phi) is 4.31. The fourth-order valence-corrected chi connectivity index (χ4v) is 1.98. The number of hydrogen-bond donors (Lipinski definition) is 2. The molecule has 1 saturated heterocycles. The second kappa shape index (κ2) is 6.15. The maximum absolute atomic E-state index is 10.9. The number of anilines is 1. The van der Waals surface area contributed by atoms with E-state index in [9.17, 15) is 10.1 Å². The van der Waals surface area contributed by atoms with Crippen molar-refractivity contribution < 1.29 is 14.9 Å². The van der Waals surface area contributed by atoms with Gasteiger partial charge in [0, 0.05) is 25.8 Å². The summed E-state index contributed by atoms with van der Waals surface area (Å²) in [4.78, 5) is 16.4. The number of amidine groups is 1. The van der Waals surface area contributed by atoms with Gasteiger partial charge in [-0.3, -0.25) is 10.1 Å². The zero-order valence-electron chi connectivity index (χ0n) is 10.7. The van der Waals surface area contributed by atoms with Crippen molar-refractivity contribution >= 4 is 17.3 Å². The molecule has 1 fully saturated rings. The van der Waals surface area contributed by atoms with Gasteiger partial charge in [0.05, 0.1) is 11.5 Å². The summed E-state index contributed by atoms with van der Waals surface area (Å²) in [5.74, 6) is 0.160. The molecule has 20 heavy (non-hydrogen) atoms.